The van der Waals surface area contributed by atoms with Gasteiger partial charge in [0.2, 0.25) is 0 Å². The topological polar surface area (TPSA) is 64.2 Å². The molecule has 0 amide bonds. The predicted octanol–water partition coefficient (Wildman–Crippen LogP) is 1.66. The molecule has 3 rings (SSSR count). The van der Waals surface area contributed by atoms with Gasteiger partial charge in [0.05, 0.1) is 11.9 Å². The summed E-state index contributed by atoms with van der Waals surface area (Å²) < 4.78 is 1.54. The molecule has 0 atom stereocenters. The summed E-state index contributed by atoms with van der Waals surface area (Å²) in [6.07, 6.45) is 4.81. The zero-order valence-electron chi connectivity index (χ0n) is 13.4. The van der Waals surface area contributed by atoms with Crippen molar-refractivity contribution in [1.82, 2.24) is 9.78 Å². The van der Waals surface area contributed by atoms with Crippen LogP contribution in [0, 0.1) is 5.92 Å². The second-order valence-corrected chi connectivity index (χ2v) is 6.18. The number of hydrogen-bond acceptors (Lipinski definition) is 4. The third-order valence-corrected chi connectivity index (χ3v) is 4.62. The average molecular weight is 312 g/mol. The molecule has 1 aliphatic rings. The molecular formula is C18H24N4O. The van der Waals surface area contributed by atoms with E-state index < -0.39 is 0 Å². The largest absolute Gasteiger partial charge is 0.370 e. The monoisotopic (exact) mass is 312 g/mol. The first-order chi connectivity index (χ1) is 11.3. The van der Waals surface area contributed by atoms with Crippen LogP contribution in [0.1, 0.15) is 18.4 Å². The van der Waals surface area contributed by atoms with E-state index in [9.17, 15) is 4.79 Å². The van der Waals surface area contributed by atoms with E-state index >= 15 is 0 Å². The van der Waals surface area contributed by atoms with E-state index in [2.05, 4.69) is 22.1 Å². The molecule has 2 N–H and O–H groups in total. The van der Waals surface area contributed by atoms with Gasteiger partial charge in [0.15, 0.2) is 0 Å². The van der Waals surface area contributed by atoms with Crippen molar-refractivity contribution in [1.29, 1.82) is 0 Å². The molecule has 0 unspecified atom stereocenters. The lowest BCUT2D eigenvalue weighted by molar-refractivity contribution is 0.414. The first-order valence-electron chi connectivity index (χ1n) is 8.32. The molecule has 122 valence electrons. The Balaban J connectivity index is 1.63. The van der Waals surface area contributed by atoms with Gasteiger partial charge in [-0.25, -0.2) is 4.68 Å². The van der Waals surface area contributed by atoms with Crippen LogP contribution in [-0.4, -0.2) is 29.4 Å². The van der Waals surface area contributed by atoms with Crippen molar-refractivity contribution in [3.8, 4) is 0 Å². The third-order valence-electron chi connectivity index (χ3n) is 4.62. The van der Waals surface area contributed by atoms with Crippen LogP contribution >= 0.6 is 0 Å². The normalized spacial score (nSPS) is 15.8. The summed E-state index contributed by atoms with van der Waals surface area (Å²) in [6, 6.07) is 11.9. The maximum Gasteiger partial charge on any atom is 0.268 e. The van der Waals surface area contributed by atoms with Gasteiger partial charge in [-0.15, -0.1) is 0 Å². The summed E-state index contributed by atoms with van der Waals surface area (Å²) in [6.45, 7) is 3.28. The van der Waals surface area contributed by atoms with Crippen molar-refractivity contribution in [2.24, 2.45) is 11.7 Å². The van der Waals surface area contributed by atoms with Gasteiger partial charge in [0, 0.05) is 25.7 Å². The Hall–Kier alpha value is -2.14. The Morgan fingerprint density at radius 2 is 1.91 bits per heavy atom. The van der Waals surface area contributed by atoms with Gasteiger partial charge in [0.25, 0.3) is 5.56 Å². The third kappa shape index (κ3) is 3.99. The standard InChI is InChI=1S/C18H24N4O/c19-13-16-6-9-21(10-7-16)17-12-18(23)22(20-14-17)11-8-15-4-2-1-3-5-15/h1-5,12,14,16H,6-11,13,19H2. The van der Waals surface area contributed by atoms with Crippen LogP contribution in [0.5, 0.6) is 0 Å². The SMILES string of the molecule is NCC1CCN(c2cnn(CCc3ccccc3)c(=O)c2)CC1. The molecule has 2 aromatic rings. The molecule has 5 nitrogen and oxygen atoms in total. The fraction of sp³-hybridized carbons (Fsp3) is 0.444. The lowest BCUT2D eigenvalue weighted by Gasteiger charge is -2.32. The maximum absolute atomic E-state index is 12.3. The predicted molar refractivity (Wildman–Crippen MR) is 92.6 cm³/mol. The van der Waals surface area contributed by atoms with Crippen LogP contribution in [0.25, 0.3) is 0 Å². The highest BCUT2D eigenvalue weighted by molar-refractivity contribution is 5.43. The summed E-state index contributed by atoms with van der Waals surface area (Å²) in [5.74, 6) is 0.616. The average Bonchev–Trinajstić information content (AvgIpc) is 2.61. The molecule has 0 radical (unpaired) electrons. The van der Waals surface area contributed by atoms with Gasteiger partial charge in [-0.05, 0) is 37.3 Å². The lowest BCUT2D eigenvalue weighted by atomic mass is 9.97. The Morgan fingerprint density at radius 1 is 1.17 bits per heavy atom. The fourth-order valence-electron chi connectivity index (χ4n) is 3.07. The summed E-state index contributed by atoms with van der Waals surface area (Å²) in [5, 5.41) is 4.35. The molecule has 1 aromatic heterocycles. The number of piperidine rings is 1. The zero-order valence-corrected chi connectivity index (χ0v) is 13.4. The Labute approximate surface area is 136 Å². The fourth-order valence-corrected chi connectivity index (χ4v) is 3.07. The number of benzene rings is 1. The molecule has 1 aliphatic heterocycles. The van der Waals surface area contributed by atoms with E-state index in [4.69, 9.17) is 5.73 Å². The maximum atomic E-state index is 12.3. The highest BCUT2D eigenvalue weighted by atomic mass is 16.1. The van der Waals surface area contributed by atoms with Gasteiger partial charge >= 0.3 is 0 Å². The van der Waals surface area contributed by atoms with E-state index in [1.165, 1.54) is 5.56 Å². The quantitative estimate of drug-likeness (QED) is 0.912. The second kappa shape index (κ2) is 7.42. The molecule has 23 heavy (non-hydrogen) atoms. The van der Waals surface area contributed by atoms with Crippen molar-refractivity contribution in [3.05, 3.63) is 58.5 Å². The van der Waals surface area contributed by atoms with Gasteiger partial charge in [-0.2, -0.15) is 5.10 Å². The van der Waals surface area contributed by atoms with Gasteiger partial charge in [-0.1, -0.05) is 30.3 Å². The van der Waals surface area contributed by atoms with Crippen molar-refractivity contribution in [2.75, 3.05) is 24.5 Å². The number of aromatic nitrogens is 2. The van der Waals surface area contributed by atoms with Crippen molar-refractivity contribution >= 4 is 5.69 Å². The Kier molecular flexibility index (Phi) is 5.08. The first-order valence-corrected chi connectivity index (χ1v) is 8.32. The van der Waals surface area contributed by atoms with Gasteiger partial charge in [-0.3, -0.25) is 4.79 Å². The van der Waals surface area contributed by atoms with Gasteiger partial charge < -0.3 is 10.6 Å². The minimum atomic E-state index is -0.0284. The molecule has 5 heteroatoms. The molecular weight excluding hydrogens is 288 g/mol. The van der Waals surface area contributed by atoms with Gasteiger partial charge in [0.1, 0.15) is 0 Å². The number of nitrogens with two attached hydrogens (primary N) is 1. The molecule has 1 aromatic carbocycles. The van der Waals surface area contributed by atoms with E-state index in [0.717, 1.165) is 44.6 Å². The van der Waals surface area contributed by atoms with Crippen molar-refractivity contribution in [3.63, 3.8) is 0 Å². The molecule has 0 aliphatic carbocycles. The van der Waals surface area contributed by atoms with E-state index in [-0.39, 0.29) is 5.56 Å². The molecule has 2 heterocycles. The molecule has 0 spiro atoms. The molecule has 0 saturated carbocycles. The first kappa shape index (κ1) is 15.7. The second-order valence-electron chi connectivity index (χ2n) is 6.18. The van der Waals surface area contributed by atoms with E-state index in [1.54, 1.807) is 10.7 Å². The van der Waals surface area contributed by atoms with E-state index in [0.29, 0.717) is 12.5 Å². The van der Waals surface area contributed by atoms with Crippen molar-refractivity contribution < 1.29 is 0 Å². The number of anilines is 1. The van der Waals surface area contributed by atoms with Crippen LogP contribution in [0.3, 0.4) is 0 Å². The van der Waals surface area contributed by atoms with Crippen LogP contribution < -0.4 is 16.2 Å². The lowest BCUT2D eigenvalue weighted by Crippen LogP contribution is -2.37. The number of rotatable bonds is 5. The zero-order chi connectivity index (χ0) is 16.1. The van der Waals surface area contributed by atoms with Crippen LogP contribution in [-0.2, 0) is 13.0 Å². The summed E-state index contributed by atoms with van der Waals surface area (Å²) >= 11 is 0. The Morgan fingerprint density at radius 3 is 2.57 bits per heavy atom. The van der Waals surface area contributed by atoms with E-state index in [1.807, 2.05) is 24.4 Å². The van der Waals surface area contributed by atoms with Crippen LogP contribution in [0.15, 0.2) is 47.4 Å². The molecule has 1 fully saturated rings. The van der Waals surface area contributed by atoms with Crippen LogP contribution in [0.4, 0.5) is 5.69 Å². The summed E-state index contributed by atoms with van der Waals surface area (Å²) in [7, 11) is 0. The molecule has 1 saturated heterocycles. The molecule has 0 bridgehead atoms. The smallest absolute Gasteiger partial charge is 0.268 e. The number of nitrogens with zero attached hydrogens (tertiary/aromatic N) is 3. The highest BCUT2D eigenvalue weighted by Gasteiger charge is 2.18. The van der Waals surface area contributed by atoms with Crippen molar-refractivity contribution in [2.45, 2.75) is 25.8 Å². The Bertz CT molecular complexity index is 675. The summed E-state index contributed by atoms with van der Waals surface area (Å²) in [4.78, 5) is 14.5. The number of hydrogen-bond donors (Lipinski definition) is 1. The van der Waals surface area contributed by atoms with Crippen LogP contribution in [0.2, 0.25) is 0 Å². The number of aryl methyl sites for hydroxylation is 2. The minimum Gasteiger partial charge on any atom is -0.370 e. The highest BCUT2D eigenvalue weighted by Crippen LogP contribution is 2.20. The minimum absolute atomic E-state index is 0.0284. The summed E-state index contributed by atoms with van der Waals surface area (Å²) in [5.41, 5.74) is 7.85.